The number of guanidine groups is 1. The molecule has 21 heavy (non-hydrogen) atoms. The van der Waals surface area contributed by atoms with E-state index in [1.54, 1.807) is 4.90 Å². The van der Waals surface area contributed by atoms with E-state index in [1.165, 1.54) is 0 Å². The molecule has 3 aliphatic rings. The second-order valence-electron chi connectivity index (χ2n) is 5.36. The molecule has 3 aliphatic heterocycles. The van der Waals surface area contributed by atoms with Gasteiger partial charge in [-0.05, 0) is 31.9 Å². The van der Waals surface area contributed by atoms with Gasteiger partial charge in [-0.15, -0.1) is 11.6 Å². The monoisotopic (exact) mass is 438 g/mol. The first-order valence-electron chi connectivity index (χ1n) is 6.26. The van der Waals surface area contributed by atoms with Crippen molar-refractivity contribution in [3.8, 4) is 0 Å². The van der Waals surface area contributed by atoms with Crippen LogP contribution < -0.4 is 16.0 Å². The summed E-state index contributed by atoms with van der Waals surface area (Å²) >= 11 is 13.0. The maximum Gasteiger partial charge on any atom is 0.343 e. The fourth-order valence-corrected chi connectivity index (χ4v) is 4.76. The Hall–Kier alpha value is -0.770. The van der Waals surface area contributed by atoms with Gasteiger partial charge < -0.3 is 10.1 Å². The van der Waals surface area contributed by atoms with Gasteiger partial charge in [0.05, 0.1) is 14.5 Å². The molecule has 0 bridgehead atoms. The van der Waals surface area contributed by atoms with E-state index in [0.29, 0.717) is 16.3 Å². The normalized spacial score (nSPS) is 37.0. The third-order valence-electron chi connectivity index (χ3n) is 4.35. The van der Waals surface area contributed by atoms with Crippen molar-refractivity contribution < 1.29 is 14.9 Å². The fourth-order valence-electron chi connectivity index (χ4n) is 3.50. The van der Waals surface area contributed by atoms with Gasteiger partial charge in [-0.2, -0.15) is 0 Å². The third kappa shape index (κ3) is 1.47. The highest BCUT2D eigenvalue weighted by atomic mass is 79.9. The molecule has 10 heteroatoms. The molecule has 0 aliphatic carbocycles. The van der Waals surface area contributed by atoms with Crippen LogP contribution in [-0.4, -0.2) is 50.5 Å². The fraction of sp³-hybridized carbons (Fsp3) is 0.455. The molecule has 4 heterocycles. The molecule has 1 amide bonds. The molecule has 2 unspecified atom stereocenters. The number of alkyl halides is 1. The minimum atomic E-state index is -1.06. The highest BCUT2D eigenvalue weighted by molar-refractivity contribution is 9.13. The summed E-state index contributed by atoms with van der Waals surface area (Å²) in [6.07, 6.45) is -0.949. The molecule has 0 saturated carbocycles. The summed E-state index contributed by atoms with van der Waals surface area (Å²) in [6, 6.07) is -0.402. The van der Waals surface area contributed by atoms with E-state index >= 15 is 0 Å². The average molecular weight is 441 g/mol. The van der Waals surface area contributed by atoms with E-state index in [2.05, 4.69) is 47.2 Å². The van der Waals surface area contributed by atoms with E-state index in [-0.39, 0.29) is 12.5 Å². The van der Waals surface area contributed by atoms with Crippen LogP contribution in [0.1, 0.15) is 22.1 Å². The van der Waals surface area contributed by atoms with Gasteiger partial charge >= 0.3 is 5.96 Å². The molecular formula is C11H11Br2ClN5O2+. The lowest BCUT2D eigenvalue weighted by Gasteiger charge is -2.40. The Labute approximate surface area is 141 Å². The Morgan fingerprint density at radius 1 is 1.52 bits per heavy atom. The molecule has 1 saturated heterocycles. The molecular weight excluding hydrogens is 429 g/mol. The van der Waals surface area contributed by atoms with E-state index in [1.807, 2.05) is 0 Å². The molecule has 1 fully saturated rings. The standard InChI is InChI=1S/C11H10Br2ClN5O2/c12-4-3-5(16-8(4)13)9(21)19-1-2(14)7(20)11(19)6(3)17-10(15)18-11/h2,6-7,16,20H,1H2,(H3,15,17,18)/p+1/t2-,6?,7-,11?/m0/s1. The molecule has 1 spiro atoms. The maximum absolute atomic E-state index is 12.8. The van der Waals surface area contributed by atoms with E-state index in [4.69, 9.17) is 17.3 Å². The molecule has 1 aromatic heterocycles. The number of nitrogens with two attached hydrogens (primary N) is 1. The van der Waals surface area contributed by atoms with Crippen molar-refractivity contribution in [3.05, 3.63) is 20.3 Å². The minimum Gasteiger partial charge on any atom is -0.385 e. The topological polar surface area (TPSA) is 108 Å². The number of nitrogens with zero attached hydrogens (tertiary/aromatic N) is 1. The summed E-state index contributed by atoms with van der Waals surface area (Å²) in [6.45, 7) is 0.244. The van der Waals surface area contributed by atoms with E-state index in [0.717, 1.165) is 10.0 Å². The van der Waals surface area contributed by atoms with Crippen LogP contribution in [0.5, 0.6) is 0 Å². The number of carbonyl (C=O) groups is 1. The number of hydrogen-bond donors (Lipinski definition) is 5. The number of rotatable bonds is 0. The molecule has 0 radical (unpaired) electrons. The van der Waals surface area contributed by atoms with Gasteiger partial charge in [0.1, 0.15) is 11.8 Å². The first kappa shape index (κ1) is 13.9. The van der Waals surface area contributed by atoms with Crippen LogP contribution in [0.4, 0.5) is 0 Å². The summed E-state index contributed by atoms with van der Waals surface area (Å²) in [5, 5.41) is 13.0. The smallest absolute Gasteiger partial charge is 0.343 e. The lowest BCUT2D eigenvalue weighted by molar-refractivity contribution is -0.517. The molecule has 1 aromatic rings. The van der Waals surface area contributed by atoms with Crippen molar-refractivity contribution in [1.29, 1.82) is 0 Å². The summed E-state index contributed by atoms with van der Waals surface area (Å²) < 4.78 is 1.39. The lowest BCUT2D eigenvalue weighted by Crippen LogP contribution is -2.79. The Morgan fingerprint density at radius 2 is 2.24 bits per heavy atom. The second-order valence-corrected chi connectivity index (χ2v) is 7.51. The number of H-pyrrole nitrogens is 1. The number of halogens is 3. The number of aliphatic hydroxyl groups excluding tert-OH is 1. The van der Waals surface area contributed by atoms with Crippen LogP contribution >= 0.6 is 43.5 Å². The van der Waals surface area contributed by atoms with Crippen molar-refractivity contribution >= 4 is 55.3 Å². The molecule has 4 atom stereocenters. The van der Waals surface area contributed by atoms with Crippen molar-refractivity contribution in [2.24, 2.45) is 5.73 Å². The summed E-state index contributed by atoms with van der Waals surface area (Å²) in [5.74, 6) is 0.0820. The zero-order chi connectivity index (χ0) is 15.1. The second kappa shape index (κ2) is 4.15. The number of hydrogen-bond acceptors (Lipinski definition) is 4. The zero-order valence-electron chi connectivity index (χ0n) is 10.5. The molecule has 4 rings (SSSR count). The highest BCUT2D eigenvalue weighted by Gasteiger charge is 2.69. The lowest BCUT2D eigenvalue weighted by atomic mass is 9.86. The van der Waals surface area contributed by atoms with Crippen molar-refractivity contribution in [1.82, 2.24) is 15.2 Å². The number of nitrogens with one attached hydrogen (secondary N) is 3. The summed E-state index contributed by atoms with van der Waals surface area (Å²) in [5.41, 5.74) is 5.99. The van der Waals surface area contributed by atoms with Crippen molar-refractivity contribution in [2.45, 2.75) is 23.2 Å². The van der Waals surface area contributed by atoms with Gasteiger partial charge in [-0.1, -0.05) is 0 Å². The van der Waals surface area contributed by atoms with Crippen molar-refractivity contribution in [2.75, 3.05) is 6.54 Å². The number of carbonyl (C=O) groups excluding carboxylic acids is 1. The quantitative estimate of drug-likeness (QED) is 0.324. The number of aliphatic hydroxyl groups is 1. The third-order valence-corrected chi connectivity index (χ3v) is 6.68. The van der Waals surface area contributed by atoms with Crippen molar-refractivity contribution in [3.63, 3.8) is 0 Å². The molecule has 6 N–H and O–H groups in total. The zero-order valence-corrected chi connectivity index (χ0v) is 14.4. The van der Waals surface area contributed by atoms with Gasteiger partial charge in [0, 0.05) is 12.1 Å². The average Bonchev–Trinajstić information content (AvgIpc) is 3.00. The van der Waals surface area contributed by atoms with Gasteiger partial charge in [0.2, 0.25) is 5.66 Å². The van der Waals surface area contributed by atoms with Crippen LogP contribution in [0.25, 0.3) is 0 Å². The van der Waals surface area contributed by atoms with Crippen LogP contribution in [0, 0.1) is 0 Å². The van der Waals surface area contributed by atoms with Crippen LogP contribution in [-0.2, 0) is 0 Å². The Morgan fingerprint density at radius 3 is 2.95 bits per heavy atom. The van der Waals surface area contributed by atoms with E-state index < -0.39 is 23.2 Å². The van der Waals surface area contributed by atoms with Gasteiger partial charge in [-0.25, -0.2) is 5.32 Å². The van der Waals surface area contributed by atoms with Gasteiger partial charge in [0.25, 0.3) is 5.91 Å². The summed E-state index contributed by atoms with van der Waals surface area (Å²) in [4.78, 5) is 20.4. The first-order chi connectivity index (χ1) is 9.87. The predicted molar refractivity (Wildman–Crippen MR) is 81.6 cm³/mol. The van der Waals surface area contributed by atoms with Crippen LogP contribution in [0.3, 0.4) is 0 Å². The number of fused-ring (bicyclic) bond motifs is 2. The molecule has 0 aromatic carbocycles. The maximum atomic E-state index is 12.8. The SMILES string of the molecule is NC1=[NH+]C2c3c([nH]c(Br)c3Br)C(=O)N3C[C@H](Cl)[C@H](O)C23N1. The Balaban J connectivity index is 2.01. The largest absolute Gasteiger partial charge is 0.385 e. The number of aromatic nitrogens is 1. The molecule has 112 valence electrons. The van der Waals surface area contributed by atoms with Gasteiger partial charge in [0.15, 0.2) is 6.04 Å². The molecule has 7 nitrogen and oxygen atoms in total. The van der Waals surface area contributed by atoms with Crippen LogP contribution in [0.15, 0.2) is 9.08 Å². The summed E-state index contributed by atoms with van der Waals surface area (Å²) in [7, 11) is 0. The van der Waals surface area contributed by atoms with E-state index in [9.17, 15) is 9.90 Å². The first-order valence-corrected chi connectivity index (χ1v) is 8.28. The highest BCUT2D eigenvalue weighted by Crippen LogP contribution is 2.48. The number of amides is 1. The Kier molecular flexibility index (Phi) is 2.74. The van der Waals surface area contributed by atoms with Gasteiger partial charge in [-0.3, -0.25) is 20.4 Å². The minimum absolute atomic E-state index is 0.223. The van der Waals surface area contributed by atoms with Crippen LogP contribution in [0.2, 0.25) is 0 Å². The predicted octanol–water partition coefficient (Wildman–Crippen LogP) is -1.29. The Bertz CT molecular complexity index is 707. The number of aromatic amines is 1.